The molecule has 1 saturated heterocycles. The lowest BCUT2D eigenvalue weighted by molar-refractivity contribution is 0.440. The highest BCUT2D eigenvalue weighted by Crippen LogP contribution is 2.28. The Hall–Kier alpha value is -1.70. The molecule has 0 radical (unpaired) electrons. The van der Waals surface area contributed by atoms with Gasteiger partial charge in [0.05, 0.1) is 0 Å². The van der Waals surface area contributed by atoms with Gasteiger partial charge in [0.1, 0.15) is 17.5 Å². The average molecular weight is 275 g/mol. The molecule has 0 bridgehead atoms. The van der Waals surface area contributed by atoms with Crippen LogP contribution in [-0.2, 0) is 6.54 Å². The fourth-order valence-corrected chi connectivity index (χ4v) is 2.72. The lowest BCUT2D eigenvalue weighted by Gasteiger charge is -2.31. The summed E-state index contributed by atoms with van der Waals surface area (Å²) in [6, 6.07) is 2.23. The number of rotatable bonds is 4. The molecule has 1 aromatic rings. The number of nitrogens with two attached hydrogens (primary N) is 1. The number of nitrogen functional groups attached to an aromatic ring is 1. The van der Waals surface area contributed by atoms with Gasteiger partial charge in [-0.05, 0) is 31.1 Å². The minimum atomic E-state index is 0.515. The van der Waals surface area contributed by atoms with Crippen molar-refractivity contribution < 1.29 is 0 Å². The number of anilines is 2. The molecule has 0 spiro atoms. The first-order valence-corrected chi connectivity index (χ1v) is 7.54. The maximum Gasteiger partial charge on any atom is 0.170 e. The molecule has 1 aromatic heterocycles. The van der Waals surface area contributed by atoms with Gasteiger partial charge in [-0.1, -0.05) is 20.8 Å². The van der Waals surface area contributed by atoms with Crippen LogP contribution in [0.5, 0.6) is 0 Å². The van der Waals surface area contributed by atoms with Gasteiger partial charge < -0.3 is 10.6 Å². The van der Waals surface area contributed by atoms with Gasteiger partial charge in [-0.2, -0.15) is 10.4 Å². The molecule has 20 heavy (non-hydrogen) atoms. The predicted octanol–water partition coefficient (Wildman–Crippen LogP) is 2.62. The van der Waals surface area contributed by atoms with Crippen molar-refractivity contribution in [1.29, 1.82) is 5.26 Å². The predicted molar refractivity (Wildman–Crippen MR) is 81.4 cm³/mol. The number of hydrogen-bond donors (Lipinski definition) is 1. The Balaban J connectivity index is 2.24. The van der Waals surface area contributed by atoms with E-state index in [-0.39, 0.29) is 0 Å². The summed E-state index contributed by atoms with van der Waals surface area (Å²) in [6.07, 6.45) is 3.43. The van der Waals surface area contributed by atoms with Crippen LogP contribution in [0.25, 0.3) is 0 Å². The molecule has 2 rings (SSSR count). The Morgan fingerprint density at radius 3 is 2.85 bits per heavy atom. The maximum atomic E-state index is 9.38. The second-order valence-corrected chi connectivity index (χ2v) is 6.29. The molecular formula is C15H25N5. The van der Waals surface area contributed by atoms with Gasteiger partial charge in [0, 0.05) is 19.6 Å². The number of nitrogens with zero attached hydrogens (tertiary/aromatic N) is 4. The van der Waals surface area contributed by atoms with E-state index in [0.717, 1.165) is 38.3 Å². The zero-order chi connectivity index (χ0) is 14.7. The van der Waals surface area contributed by atoms with Crippen LogP contribution in [0.1, 0.15) is 45.6 Å². The van der Waals surface area contributed by atoms with Gasteiger partial charge in [0.15, 0.2) is 5.82 Å². The van der Waals surface area contributed by atoms with E-state index in [1.165, 1.54) is 6.42 Å². The van der Waals surface area contributed by atoms with E-state index in [9.17, 15) is 5.26 Å². The molecule has 0 amide bonds. The quantitative estimate of drug-likeness (QED) is 0.917. The summed E-state index contributed by atoms with van der Waals surface area (Å²) in [6.45, 7) is 9.32. The van der Waals surface area contributed by atoms with E-state index in [2.05, 4.69) is 36.8 Å². The Kier molecular flexibility index (Phi) is 4.53. The minimum absolute atomic E-state index is 0.515. The van der Waals surface area contributed by atoms with E-state index in [4.69, 9.17) is 5.73 Å². The molecule has 1 aliphatic heterocycles. The normalized spacial score (nSPS) is 19.4. The minimum Gasteiger partial charge on any atom is -0.383 e. The van der Waals surface area contributed by atoms with Crippen LogP contribution in [0.3, 0.4) is 0 Å². The fraction of sp³-hybridized carbons (Fsp3) is 0.733. The lowest BCUT2D eigenvalue weighted by Crippen LogP contribution is -2.35. The van der Waals surface area contributed by atoms with E-state index in [1.807, 2.05) is 0 Å². The molecular weight excluding hydrogens is 250 g/mol. The third-order valence-corrected chi connectivity index (χ3v) is 3.96. The van der Waals surface area contributed by atoms with Gasteiger partial charge >= 0.3 is 0 Å². The van der Waals surface area contributed by atoms with Gasteiger partial charge in [-0.15, -0.1) is 0 Å². The number of hydrogen-bond acceptors (Lipinski definition) is 4. The van der Waals surface area contributed by atoms with Gasteiger partial charge in [0.25, 0.3) is 0 Å². The number of piperidine rings is 1. The van der Waals surface area contributed by atoms with Crippen molar-refractivity contribution in [2.24, 2.45) is 11.8 Å². The highest BCUT2D eigenvalue weighted by atomic mass is 15.4. The van der Waals surface area contributed by atoms with Crippen LogP contribution in [0.2, 0.25) is 0 Å². The summed E-state index contributed by atoms with van der Waals surface area (Å²) < 4.78 is 1.80. The molecule has 2 N–H and O–H groups in total. The Bertz CT molecular complexity index is 497. The Morgan fingerprint density at radius 2 is 2.25 bits per heavy atom. The molecule has 5 nitrogen and oxygen atoms in total. The summed E-state index contributed by atoms with van der Waals surface area (Å²) in [7, 11) is 0. The number of aryl methyl sites for hydroxylation is 1. The first kappa shape index (κ1) is 14.7. The largest absolute Gasteiger partial charge is 0.383 e. The summed E-state index contributed by atoms with van der Waals surface area (Å²) in [5, 5.41) is 14.0. The molecule has 1 aliphatic rings. The van der Waals surface area contributed by atoms with Crippen LogP contribution in [0.4, 0.5) is 11.6 Å². The summed E-state index contributed by atoms with van der Waals surface area (Å²) >= 11 is 0. The molecule has 0 aliphatic carbocycles. The third kappa shape index (κ3) is 3.06. The SMILES string of the molecule is CC(C)CCn1nc(N2CCCC(C)C2)c(C#N)c1N. The van der Waals surface area contributed by atoms with Gasteiger partial charge in [-0.3, -0.25) is 0 Å². The van der Waals surface area contributed by atoms with Gasteiger partial charge in [0.2, 0.25) is 0 Å². The first-order chi connectivity index (χ1) is 9.52. The van der Waals surface area contributed by atoms with Crippen LogP contribution >= 0.6 is 0 Å². The van der Waals surface area contributed by atoms with Crippen molar-refractivity contribution in [3.05, 3.63) is 5.56 Å². The van der Waals surface area contributed by atoms with Crippen LogP contribution < -0.4 is 10.6 Å². The maximum absolute atomic E-state index is 9.38. The molecule has 1 atom stereocenters. The smallest absolute Gasteiger partial charge is 0.170 e. The summed E-state index contributed by atoms with van der Waals surface area (Å²) in [5.41, 5.74) is 6.64. The molecule has 0 aromatic carbocycles. The molecule has 0 saturated carbocycles. The second kappa shape index (κ2) is 6.17. The number of nitriles is 1. The molecule has 1 fully saturated rings. The van der Waals surface area contributed by atoms with Crippen LogP contribution in [-0.4, -0.2) is 22.9 Å². The molecule has 110 valence electrons. The molecule has 1 unspecified atom stereocenters. The third-order valence-electron chi connectivity index (χ3n) is 3.96. The van der Waals surface area contributed by atoms with Crippen molar-refractivity contribution in [3.8, 4) is 6.07 Å². The van der Waals surface area contributed by atoms with Gasteiger partial charge in [-0.25, -0.2) is 4.68 Å². The highest BCUT2D eigenvalue weighted by molar-refractivity contribution is 5.65. The highest BCUT2D eigenvalue weighted by Gasteiger charge is 2.24. The van der Waals surface area contributed by atoms with Crippen LogP contribution in [0.15, 0.2) is 0 Å². The van der Waals surface area contributed by atoms with Crippen molar-refractivity contribution in [1.82, 2.24) is 9.78 Å². The molecule has 5 heteroatoms. The molecule has 2 heterocycles. The Labute approximate surface area is 121 Å². The standard InChI is InChI=1S/C15H25N5/c1-11(2)6-8-20-14(17)13(9-16)15(18-20)19-7-4-5-12(3)10-19/h11-12H,4-8,10,17H2,1-3H3. The Morgan fingerprint density at radius 1 is 1.50 bits per heavy atom. The monoisotopic (exact) mass is 275 g/mol. The van der Waals surface area contributed by atoms with Crippen molar-refractivity contribution in [2.75, 3.05) is 23.7 Å². The van der Waals surface area contributed by atoms with E-state index < -0.39 is 0 Å². The fourth-order valence-electron chi connectivity index (χ4n) is 2.72. The van der Waals surface area contributed by atoms with Crippen molar-refractivity contribution in [3.63, 3.8) is 0 Å². The van der Waals surface area contributed by atoms with Crippen molar-refractivity contribution >= 4 is 11.6 Å². The zero-order valence-corrected chi connectivity index (χ0v) is 12.8. The average Bonchev–Trinajstić information content (AvgIpc) is 2.73. The first-order valence-electron chi connectivity index (χ1n) is 7.54. The zero-order valence-electron chi connectivity index (χ0n) is 12.8. The van der Waals surface area contributed by atoms with Crippen LogP contribution in [0, 0.1) is 23.2 Å². The van der Waals surface area contributed by atoms with Crippen molar-refractivity contribution in [2.45, 2.75) is 46.6 Å². The number of aromatic nitrogens is 2. The van der Waals surface area contributed by atoms with E-state index >= 15 is 0 Å². The summed E-state index contributed by atoms with van der Waals surface area (Å²) in [4.78, 5) is 2.22. The topological polar surface area (TPSA) is 70.9 Å². The van der Waals surface area contributed by atoms with E-state index in [1.54, 1.807) is 4.68 Å². The second-order valence-electron chi connectivity index (χ2n) is 6.29. The van der Waals surface area contributed by atoms with E-state index in [0.29, 0.717) is 23.2 Å². The lowest BCUT2D eigenvalue weighted by atomic mass is 10.0. The summed E-state index contributed by atoms with van der Waals surface area (Å²) in [5.74, 6) is 2.54.